The number of hydrogen-bond acceptors (Lipinski definition) is 4. The Morgan fingerprint density at radius 2 is 1.69 bits per heavy atom. The third-order valence-corrected chi connectivity index (χ3v) is 1.31. The summed E-state index contributed by atoms with van der Waals surface area (Å²) in [4.78, 5) is 32.0. The minimum Gasteiger partial charge on any atom is -0.478 e. The summed E-state index contributed by atoms with van der Waals surface area (Å²) < 4.78 is 8.88. The van der Waals surface area contributed by atoms with Crippen LogP contribution in [0.2, 0.25) is 0 Å². The molecule has 0 bridgehead atoms. The van der Waals surface area contributed by atoms with Crippen LogP contribution in [0.1, 0.15) is 10.4 Å². The van der Waals surface area contributed by atoms with Gasteiger partial charge in [0.05, 0.1) is 11.3 Å². The largest absolute Gasteiger partial charge is 0.478 e. The first kappa shape index (κ1) is 14.6. The van der Waals surface area contributed by atoms with Crippen molar-refractivity contribution in [3.63, 3.8) is 0 Å². The fourth-order valence-electron chi connectivity index (χ4n) is 0.795. The predicted molar refractivity (Wildman–Crippen MR) is 55.5 cm³/mol. The molecule has 0 saturated heterocycles. The molecule has 0 saturated carbocycles. The number of carboxylic acid groups (broad SMARTS) is 1. The van der Waals surface area contributed by atoms with Crippen molar-refractivity contribution < 1.29 is 29.1 Å². The van der Waals surface area contributed by atoms with E-state index in [0.717, 1.165) is 0 Å². The Hall–Kier alpha value is -1.44. The van der Waals surface area contributed by atoms with Crippen molar-refractivity contribution in [3.8, 4) is 0 Å². The molecule has 1 rings (SSSR count). The number of nitrogens with two attached hydrogens (primary N) is 1. The standard InChI is InChI=1S/C7H8N2O2.H3O4P/c8-9-6-4-2-1-3-5(6)7(10)11;1-5(2,3)4/h1-4,9H,8H2,(H,10,11);(H3,1,2,3,4). The van der Waals surface area contributed by atoms with Crippen molar-refractivity contribution in [1.29, 1.82) is 0 Å². The van der Waals surface area contributed by atoms with E-state index < -0.39 is 13.8 Å². The van der Waals surface area contributed by atoms with Gasteiger partial charge in [0.2, 0.25) is 0 Å². The Morgan fingerprint density at radius 1 is 1.25 bits per heavy atom. The number of carbonyl (C=O) groups is 1. The topological polar surface area (TPSA) is 153 Å². The van der Waals surface area contributed by atoms with Crippen molar-refractivity contribution in [2.24, 2.45) is 5.84 Å². The number of carboxylic acids is 1. The zero-order valence-electron chi connectivity index (χ0n) is 7.94. The lowest BCUT2D eigenvalue weighted by molar-refractivity contribution is 0.0698. The highest BCUT2D eigenvalue weighted by molar-refractivity contribution is 7.45. The van der Waals surface area contributed by atoms with Crippen molar-refractivity contribution in [1.82, 2.24) is 0 Å². The molecular formula is C7H11N2O6P. The van der Waals surface area contributed by atoms with Crippen LogP contribution >= 0.6 is 7.82 Å². The third kappa shape index (κ3) is 6.93. The van der Waals surface area contributed by atoms with Gasteiger partial charge in [-0.05, 0) is 12.1 Å². The van der Waals surface area contributed by atoms with Gasteiger partial charge < -0.3 is 25.2 Å². The van der Waals surface area contributed by atoms with Crippen LogP contribution in [0.3, 0.4) is 0 Å². The highest BCUT2D eigenvalue weighted by Crippen LogP contribution is 2.25. The van der Waals surface area contributed by atoms with E-state index in [1.165, 1.54) is 6.07 Å². The molecule has 7 N–H and O–H groups in total. The summed E-state index contributed by atoms with van der Waals surface area (Å²) >= 11 is 0. The lowest BCUT2D eigenvalue weighted by atomic mass is 10.2. The summed E-state index contributed by atoms with van der Waals surface area (Å²) in [5.74, 6) is 4.09. The van der Waals surface area contributed by atoms with Crippen LogP contribution in [0.5, 0.6) is 0 Å². The summed E-state index contributed by atoms with van der Waals surface area (Å²) in [6.45, 7) is 0. The molecule has 9 heteroatoms. The van der Waals surface area contributed by atoms with E-state index in [4.69, 9.17) is 30.2 Å². The Bertz CT molecular complexity index is 395. The number of nitrogen functional groups attached to an aromatic ring is 1. The molecule has 0 aromatic heterocycles. The van der Waals surface area contributed by atoms with Crippen LogP contribution in [0, 0.1) is 0 Å². The second kappa shape index (κ2) is 6.21. The molecule has 0 aliphatic rings. The molecule has 90 valence electrons. The second-order valence-electron chi connectivity index (χ2n) is 2.51. The molecule has 0 unspecified atom stereocenters. The Balaban J connectivity index is 0.000000385. The minimum atomic E-state index is -4.64. The van der Waals surface area contributed by atoms with Gasteiger partial charge in [0.1, 0.15) is 0 Å². The number of hydrazine groups is 1. The summed E-state index contributed by atoms with van der Waals surface area (Å²) in [6, 6.07) is 6.44. The highest BCUT2D eigenvalue weighted by Gasteiger charge is 2.06. The zero-order chi connectivity index (χ0) is 12.8. The van der Waals surface area contributed by atoms with Gasteiger partial charge in [-0.15, -0.1) is 0 Å². The van der Waals surface area contributed by atoms with Crippen molar-refractivity contribution in [2.75, 3.05) is 5.43 Å². The van der Waals surface area contributed by atoms with E-state index in [2.05, 4.69) is 5.43 Å². The summed E-state index contributed by atoms with van der Waals surface area (Å²) in [7, 11) is -4.64. The molecule has 0 aliphatic carbocycles. The van der Waals surface area contributed by atoms with Crippen LogP contribution < -0.4 is 11.3 Å². The Labute approximate surface area is 90.6 Å². The van der Waals surface area contributed by atoms with Gasteiger partial charge >= 0.3 is 13.8 Å². The number of aromatic carboxylic acids is 1. The monoisotopic (exact) mass is 250 g/mol. The number of hydrogen-bond donors (Lipinski definition) is 6. The smallest absolute Gasteiger partial charge is 0.466 e. The number of rotatable bonds is 2. The van der Waals surface area contributed by atoms with Crippen LogP contribution in [0.15, 0.2) is 24.3 Å². The van der Waals surface area contributed by atoms with Crippen molar-refractivity contribution in [3.05, 3.63) is 29.8 Å². The Morgan fingerprint density at radius 3 is 2.00 bits per heavy atom. The first-order valence-electron chi connectivity index (χ1n) is 3.83. The normalized spacial score (nSPS) is 10.0. The maximum atomic E-state index is 10.5. The van der Waals surface area contributed by atoms with Gasteiger partial charge in [0.15, 0.2) is 0 Å². The quantitative estimate of drug-likeness (QED) is 0.238. The third-order valence-electron chi connectivity index (χ3n) is 1.31. The molecule has 0 spiro atoms. The van der Waals surface area contributed by atoms with Crippen molar-refractivity contribution in [2.45, 2.75) is 0 Å². The van der Waals surface area contributed by atoms with E-state index in [9.17, 15) is 4.79 Å². The maximum Gasteiger partial charge on any atom is 0.466 e. The van der Waals surface area contributed by atoms with Gasteiger partial charge in [-0.2, -0.15) is 0 Å². The number of anilines is 1. The van der Waals surface area contributed by atoms with E-state index in [1.807, 2.05) is 0 Å². The van der Waals surface area contributed by atoms with Crippen LogP contribution in [0.4, 0.5) is 5.69 Å². The molecule has 0 aliphatic heterocycles. The molecule has 0 atom stereocenters. The van der Waals surface area contributed by atoms with Gasteiger partial charge in [-0.25, -0.2) is 9.36 Å². The molecule has 0 heterocycles. The molecule has 0 fully saturated rings. The molecule has 16 heavy (non-hydrogen) atoms. The summed E-state index contributed by atoms with van der Waals surface area (Å²) in [5.41, 5.74) is 2.89. The second-order valence-corrected chi connectivity index (χ2v) is 3.53. The minimum absolute atomic E-state index is 0.176. The summed E-state index contributed by atoms with van der Waals surface area (Å²) in [5, 5.41) is 8.60. The zero-order valence-corrected chi connectivity index (χ0v) is 8.83. The molecule has 1 aromatic carbocycles. The van der Waals surface area contributed by atoms with Gasteiger partial charge in [0, 0.05) is 0 Å². The van der Waals surface area contributed by atoms with Crippen LogP contribution in [-0.4, -0.2) is 25.8 Å². The van der Waals surface area contributed by atoms with E-state index >= 15 is 0 Å². The molecule has 0 radical (unpaired) electrons. The lowest BCUT2D eigenvalue weighted by Crippen LogP contribution is -2.11. The number of nitrogens with one attached hydrogen (secondary N) is 1. The molecule has 0 amide bonds. The number of phosphoric acid groups is 1. The lowest BCUT2D eigenvalue weighted by Gasteiger charge is -2.02. The van der Waals surface area contributed by atoms with E-state index in [0.29, 0.717) is 5.69 Å². The van der Waals surface area contributed by atoms with Crippen LogP contribution in [-0.2, 0) is 4.57 Å². The van der Waals surface area contributed by atoms with Crippen molar-refractivity contribution >= 4 is 19.5 Å². The highest BCUT2D eigenvalue weighted by atomic mass is 31.2. The van der Waals surface area contributed by atoms with Crippen LogP contribution in [0.25, 0.3) is 0 Å². The predicted octanol–water partition coefficient (Wildman–Crippen LogP) is -0.258. The summed E-state index contributed by atoms with van der Waals surface area (Å²) in [6.07, 6.45) is 0. The first-order chi connectivity index (χ1) is 7.25. The first-order valence-corrected chi connectivity index (χ1v) is 5.39. The van der Waals surface area contributed by atoms with Gasteiger partial charge in [-0.1, -0.05) is 12.1 Å². The molecular weight excluding hydrogens is 239 g/mol. The fraction of sp³-hybridized carbons (Fsp3) is 0. The van der Waals surface area contributed by atoms with E-state index in [-0.39, 0.29) is 5.56 Å². The van der Waals surface area contributed by atoms with Gasteiger partial charge in [0.25, 0.3) is 0 Å². The SMILES string of the molecule is NNc1ccccc1C(=O)O.O=P(O)(O)O. The average Bonchev–Trinajstić information content (AvgIpc) is 2.15. The molecule has 8 nitrogen and oxygen atoms in total. The maximum absolute atomic E-state index is 10.5. The number of benzene rings is 1. The number of para-hydroxylation sites is 1. The van der Waals surface area contributed by atoms with Gasteiger partial charge in [-0.3, -0.25) is 5.84 Å². The molecule has 1 aromatic rings. The average molecular weight is 250 g/mol. The Kier molecular flexibility index (Phi) is 5.65. The van der Waals surface area contributed by atoms with E-state index in [1.54, 1.807) is 18.2 Å². The fourth-order valence-corrected chi connectivity index (χ4v) is 0.795.